The van der Waals surface area contributed by atoms with Gasteiger partial charge in [-0.25, -0.2) is 0 Å². The van der Waals surface area contributed by atoms with Gasteiger partial charge in [0.1, 0.15) is 0 Å². The molecule has 1 amide bonds. The molecule has 128 valence electrons. The van der Waals surface area contributed by atoms with Gasteiger partial charge in [0.25, 0.3) is 5.91 Å². The van der Waals surface area contributed by atoms with Crippen molar-refractivity contribution < 1.29 is 14.3 Å². The zero-order valence-corrected chi connectivity index (χ0v) is 14.4. The highest BCUT2D eigenvalue weighted by atomic mass is 16.5. The normalized spacial score (nSPS) is 20.8. The first kappa shape index (κ1) is 17.6. The lowest BCUT2D eigenvalue weighted by Crippen LogP contribution is -2.50. The van der Waals surface area contributed by atoms with E-state index in [9.17, 15) is 4.79 Å². The van der Waals surface area contributed by atoms with Gasteiger partial charge in [0, 0.05) is 18.2 Å². The summed E-state index contributed by atoms with van der Waals surface area (Å²) in [4.78, 5) is 12.5. The summed E-state index contributed by atoms with van der Waals surface area (Å²) in [5.74, 6) is 1.74. The molecule has 0 aliphatic carbocycles. The van der Waals surface area contributed by atoms with Gasteiger partial charge in [-0.2, -0.15) is 0 Å². The first-order valence-electron chi connectivity index (χ1n) is 8.56. The minimum absolute atomic E-state index is 0.0615. The van der Waals surface area contributed by atoms with E-state index in [4.69, 9.17) is 9.47 Å². The van der Waals surface area contributed by atoms with Gasteiger partial charge in [-0.1, -0.05) is 13.8 Å². The second-order valence-electron chi connectivity index (χ2n) is 5.99. The summed E-state index contributed by atoms with van der Waals surface area (Å²) in [5, 5.41) is 6.45. The summed E-state index contributed by atoms with van der Waals surface area (Å²) in [6, 6.07) is 5.55. The van der Waals surface area contributed by atoms with Crippen molar-refractivity contribution in [3.63, 3.8) is 0 Å². The highest BCUT2D eigenvalue weighted by Gasteiger charge is 2.23. The third-order valence-electron chi connectivity index (χ3n) is 4.11. The monoisotopic (exact) mass is 320 g/mol. The van der Waals surface area contributed by atoms with Crippen molar-refractivity contribution in [2.45, 2.75) is 39.7 Å². The molecule has 0 radical (unpaired) electrons. The number of ether oxygens (including phenoxy) is 2. The number of hydrogen-bond acceptors (Lipinski definition) is 4. The lowest BCUT2D eigenvalue weighted by atomic mass is 9.94. The highest BCUT2D eigenvalue weighted by Crippen LogP contribution is 2.29. The van der Waals surface area contributed by atoms with Crippen LogP contribution in [0.3, 0.4) is 0 Å². The van der Waals surface area contributed by atoms with E-state index in [1.165, 1.54) is 0 Å². The molecule has 0 aromatic heterocycles. The van der Waals surface area contributed by atoms with Crippen LogP contribution in [-0.4, -0.2) is 38.3 Å². The van der Waals surface area contributed by atoms with Crippen molar-refractivity contribution in [3.05, 3.63) is 23.8 Å². The number of carbonyl (C=O) groups is 1. The molecule has 2 N–H and O–H groups in total. The van der Waals surface area contributed by atoms with E-state index in [0.29, 0.717) is 36.2 Å². The fraction of sp³-hybridized carbons (Fsp3) is 0.611. The van der Waals surface area contributed by atoms with E-state index < -0.39 is 0 Å². The van der Waals surface area contributed by atoms with E-state index >= 15 is 0 Å². The SMILES string of the molecule is CCCOc1ccc(C(=O)NC2CNCCC2C)cc1OCC. The van der Waals surface area contributed by atoms with Gasteiger partial charge in [0.15, 0.2) is 11.5 Å². The average Bonchev–Trinajstić information content (AvgIpc) is 2.56. The van der Waals surface area contributed by atoms with E-state index in [2.05, 4.69) is 24.5 Å². The Morgan fingerprint density at radius 2 is 2.13 bits per heavy atom. The molecule has 2 atom stereocenters. The molecule has 2 unspecified atom stereocenters. The number of rotatable bonds is 7. The van der Waals surface area contributed by atoms with Crippen LogP contribution in [0.1, 0.15) is 44.0 Å². The Balaban J connectivity index is 2.08. The van der Waals surface area contributed by atoms with E-state index in [-0.39, 0.29) is 11.9 Å². The maximum Gasteiger partial charge on any atom is 0.251 e. The first-order chi connectivity index (χ1) is 11.2. The number of carbonyl (C=O) groups excluding carboxylic acids is 1. The Morgan fingerprint density at radius 3 is 2.83 bits per heavy atom. The van der Waals surface area contributed by atoms with Crippen LogP contribution in [0.4, 0.5) is 0 Å². The summed E-state index contributed by atoms with van der Waals surface area (Å²) in [6.45, 7) is 9.18. The van der Waals surface area contributed by atoms with Gasteiger partial charge in [-0.05, 0) is 50.4 Å². The van der Waals surface area contributed by atoms with Gasteiger partial charge in [-0.3, -0.25) is 4.79 Å². The smallest absolute Gasteiger partial charge is 0.251 e. The molecule has 1 aliphatic heterocycles. The standard InChI is InChI=1S/C18H28N2O3/c1-4-10-23-16-7-6-14(11-17(16)22-5-2)18(21)20-15-12-19-9-8-13(15)3/h6-7,11,13,15,19H,4-5,8-10,12H2,1-3H3,(H,20,21). The van der Waals surface area contributed by atoms with Crippen LogP contribution in [0, 0.1) is 5.92 Å². The lowest BCUT2D eigenvalue weighted by Gasteiger charge is -2.30. The van der Waals surface area contributed by atoms with Gasteiger partial charge in [0.05, 0.1) is 13.2 Å². The maximum atomic E-state index is 12.5. The summed E-state index contributed by atoms with van der Waals surface area (Å²) in [6.07, 6.45) is 2.01. The summed E-state index contributed by atoms with van der Waals surface area (Å²) >= 11 is 0. The van der Waals surface area contributed by atoms with E-state index in [1.54, 1.807) is 12.1 Å². The number of hydrogen-bond donors (Lipinski definition) is 2. The number of benzene rings is 1. The Morgan fingerprint density at radius 1 is 1.30 bits per heavy atom. The Labute approximate surface area is 138 Å². The molecule has 2 rings (SSSR count). The first-order valence-corrected chi connectivity index (χ1v) is 8.56. The van der Waals surface area contributed by atoms with Crippen LogP contribution in [0.25, 0.3) is 0 Å². The van der Waals surface area contributed by atoms with Crippen LogP contribution < -0.4 is 20.1 Å². The highest BCUT2D eigenvalue weighted by molar-refractivity contribution is 5.95. The number of nitrogens with one attached hydrogen (secondary N) is 2. The van der Waals surface area contributed by atoms with E-state index in [1.807, 2.05) is 13.0 Å². The minimum atomic E-state index is -0.0615. The predicted molar refractivity (Wildman–Crippen MR) is 91.3 cm³/mol. The van der Waals surface area contributed by atoms with Crippen LogP contribution in [0.2, 0.25) is 0 Å². The molecule has 1 aliphatic rings. The number of amides is 1. The zero-order valence-electron chi connectivity index (χ0n) is 14.4. The van der Waals surface area contributed by atoms with Gasteiger partial charge in [-0.15, -0.1) is 0 Å². The van der Waals surface area contributed by atoms with Gasteiger partial charge in [0.2, 0.25) is 0 Å². The van der Waals surface area contributed by atoms with Gasteiger partial charge >= 0.3 is 0 Å². The molecule has 0 saturated carbocycles. The summed E-state index contributed by atoms with van der Waals surface area (Å²) in [7, 11) is 0. The minimum Gasteiger partial charge on any atom is -0.490 e. The molecule has 1 aromatic carbocycles. The summed E-state index contributed by atoms with van der Waals surface area (Å²) < 4.78 is 11.3. The summed E-state index contributed by atoms with van der Waals surface area (Å²) in [5.41, 5.74) is 0.607. The Hall–Kier alpha value is -1.75. The molecule has 1 saturated heterocycles. The Kier molecular flexibility index (Phi) is 6.71. The van der Waals surface area contributed by atoms with Crippen molar-refractivity contribution in [3.8, 4) is 11.5 Å². The van der Waals surface area contributed by atoms with Crippen molar-refractivity contribution >= 4 is 5.91 Å². The zero-order chi connectivity index (χ0) is 16.7. The van der Waals surface area contributed by atoms with Gasteiger partial charge < -0.3 is 20.1 Å². The molecular formula is C18H28N2O3. The molecule has 1 aromatic rings. The third-order valence-corrected chi connectivity index (χ3v) is 4.11. The lowest BCUT2D eigenvalue weighted by molar-refractivity contribution is 0.0914. The fourth-order valence-electron chi connectivity index (χ4n) is 2.68. The molecule has 1 heterocycles. The van der Waals surface area contributed by atoms with Crippen molar-refractivity contribution in [1.82, 2.24) is 10.6 Å². The quantitative estimate of drug-likeness (QED) is 0.811. The van der Waals surface area contributed by atoms with Crippen molar-refractivity contribution in [2.75, 3.05) is 26.3 Å². The Bertz CT molecular complexity index is 519. The topological polar surface area (TPSA) is 59.6 Å². The largest absolute Gasteiger partial charge is 0.490 e. The molecule has 1 fully saturated rings. The fourth-order valence-corrected chi connectivity index (χ4v) is 2.68. The molecule has 5 heteroatoms. The van der Waals surface area contributed by atoms with Crippen molar-refractivity contribution in [2.24, 2.45) is 5.92 Å². The number of piperidine rings is 1. The molecule has 23 heavy (non-hydrogen) atoms. The van der Waals surface area contributed by atoms with Crippen LogP contribution in [-0.2, 0) is 0 Å². The maximum absolute atomic E-state index is 12.5. The molecule has 0 spiro atoms. The second kappa shape index (κ2) is 8.77. The molecular weight excluding hydrogens is 292 g/mol. The molecule has 5 nitrogen and oxygen atoms in total. The van der Waals surface area contributed by atoms with E-state index in [0.717, 1.165) is 25.9 Å². The third kappa shape index (κ3) is 4.86. The second-order valence-corrected chi connectivity index (χ2v) is 5.99. The van der Waals surface area contributed by atoms with Crippen LogP contribution in [0.5, 0.6) is 11.5 Å². The van der Waals surface area contributed by atoms with Crippen molar-refractivity contribution in [1.29, 1.82) is 0 Å². The van der Waals surface area contributed by atoms with Crippen LogP contribution in [0.15, 0.2) is 18.2 Å². The average molecular weight is 320 g/mol. The predicted octanol–water partition coefficient (Wildman–Crippen LogP) is 2.60. The molecule has 0 bridgehead atoms. The van der Waals surface area contributed by atoms with Crippen LogP contribution >= 0.6 is 0 Å².